The number of thioether (sulfide) groups is 1. The van der Waals surface area contributed by atoms with Crippen molar-refractivity contribution in [3.63, 3.8) is 0 Å². The molecule has 0 atom stereocenters. The van der Waals surface area contributed by atoms with E-state index < -0.39 is 0 Å². The summed E-state index contributed by atoms with van der Waals surface area (Å²) in [6.45, 7) is 10.7. The lowest BCUT2D eigenvalue weighted by atomic mass is 10.0. The normalized spacial score (nSPS) is 18.9. The largest absolute Gasteiger partial charge is 0.327 e. The zero-order valence-electron chi connectivity index (χ0n) is 17.5. The highest BCUT2D eigenvalue weighted by molar-refractivity contribution is 8.00. The van der Waals surface area contributed by atoms with Gasteiger partial charge in [-0.3, -0.25) is 4.79 Å². The molecule has 3 amide bonds. The highest BCUT2D eigenvalue weighted by atomic mass is 32.2. The highest BCUT2D eigenvalue weighted by Gasteiger charge is 2.46. The van der Waals surface area contributed by atoms with Gasteiger partial charge in [0, 0.05) is 37.5 Å². The second-order valence-electron chi connectivity index (χ2n) is 8.63. The Labute approximate surface area is 173 Å². The predicted octanol–water partition coefficient (Wildman–Crippen LogP) is 4.76. The van der Waals surface area contributed by atoms with Crippen molar-refractivity contribution in [2.45, 2.75) is 57.7 Å². The van der Waals surface area contributed by atoms with Crippen molar-refractivity contribution in [3.8, 4) is 0 Å². The Morgan fingerprint density at radius 3 is 2.29 bits per heavy atom. The van der Waals surface area contributed by atoms with Crippen LogP contribution in [0, 0.1) is 5.92 Å². The average Bonchev–Trinajstić information content (AvgIpc) is 3.05. The lowest BCUT2D eigenvalue weighted by Gasteiger charge is -2.44. The summed E-state index contributed by atoms with van der Waals surface area (Å²) in [7, 11) is 0. The first-order valence-corrected chi connectivity index (χ1v) is 11.4. The van der Waals surface area contributed by atoms with E-state index in [0.717, 1.165) is 30.8 Å². The molecule has 0 saturated carbocycles. The maximum Gasteiger partial charge on any atom is 0.321 e. The van der Waals surface area contributed by atoms with Crippen LogP contribution in [0.4, 0.5) is 10.5 Å². The monoisotopic (exact) mass is 403 g/mol. The molecule has 0 bridgehead atoms. The summed E-state index contributed by atoms with van der Waals surface area (Å²) < 4.78 is 0. The lowest BCUT2D eigenvalue weighted by Crippen LogP contribution is -2.54. The Morgan fingerprint density at radius 2 is 1.71 bits per heavy atom. The molecule has 0 unspecified atom stereocenters. The van der Waals surface area contributed by atoms with E-state index in [9.17, 15) is 9.59 Å². The SMILES string of the molecule is CC(C)CC(=O)N1CCSC12CCN(C(=O)Nc1ccc(C(C)C)cc1)CC2. The molecule has 5 nitrogen and oxygen atoms in total. The minimum atomic E-state index is -0.109. The maximum absolute atomic E-state index is 12.7. The van der Waals surface area contributed by atoms with Crippen molar-refractivity contribution >= 4 is 29.4 Å². The quantitative estimate of drug-likeness (QED) is 0.789. The zero-order chi connectivity index (χ0) is 20.3. The number of nitrogens with zero attached hydrogens (tertiary/aromatic N) is 2. The molecular weight excluding hydrogens is 370 g/mol. The fraction of sp³-hybridized carbons (Fsp3) is 0.636. The van der Waals surface area contributed by atoms with Crippen LogP contribution in [0.2, 0.25) is 0 Å². The maximum atomic E-state index is 12.7. The van der Waals surface area contributed by atoms with Gasteiger partial charge in [0.25, 0.3) is 0 Å². The minimum absolute atomic E-state index is 0.0461. The van der Waals surface area contributed by atoms with Crippen LogP contribution in [0.25, 0.3) is 0 Å². The molecule has 0 aliphatic carbocycles. The molecule has 1 aromatic carbocycles. The molecule has 2 aliphatic rings. The summed E-state index contributed by atoms with van der Waals surface area (Å²) in [4.78, 5) is 29.2. The number of anilines is 1. The first kappa shape index (κ1) is 21.0. The molecule has 2 fully saturated rings. The first-order valence-electron chi connectivity index (χ1n) is 10.4. The fourth-order valence-electron chi connectivity index (χ4n) is 4.05. The third-order valence-electron chi connectivity index (χ3n) is 5.72. The Hall–Kier alpha value is -1.69. The molecule has 28 heavy (non-hydrogen) atoms. The summed E-state index contributed by atoms with van der Waals surface area (Å²) >= 11 is 1.90. The number of carbonyl (C=O) groups excluding carboxylic acids is 2. The fourth-order valence-corrected chi connectivity index (χ4v) is 5.52. The topological polar surface area (TPSA) is 52.7 Å². The van der Waals surface area contributed by atoms with Crippen molar-refractivity contribution < 1.29 is 9.59 Å². The third-order valence-corrected chi connectivity index (χ3v) is 7.27. The van der Waals surface area contributed by atoms with E-state index in [4.69, 9.17) is 0 Å². The third kappa shape index (κ3) is 4.65. The molecule has 0 radical (unpaired) electrons. The number of amides is 3. The van der Waals surface area contributed by atoms with Crippen molar-refractivity contribution in [2.75, 3.05) is 30.7 Å². The molecule has 1 N–H and O–H groups in total. The Kier molecular flexibility index (Phi) is 6.58. The van der Waals surface area contributed by atoms with Crippen molar-refractivity contribution in [1.29, 1.82) is 0 Å². The van der Waals surface area contributed by atoms with Gasteiger partial charge in [0.15, 0.2) is 0 Å². The van der Waals surface area contributed by atoms with Crippen LogP contribution >= 0.6 is 11.8 Å². The first-order chi connectivity index (χ1) is 13.3. The van der Waals surface area contributed by atoms with E-state index in [-0.39, 0.29) is 16.8 Å². The van der Waals surface area contributed by atoms with E-state index in [2.05, 4.69) is 50.0 Å². The van der Waals surface area contributed by atoms with Crippen LogP contribution in [-0.2, 0) is 4.79 Å². The van der Waals surface area contributed by atoms with Crippen molar-refractivity contribution in [1.82, 2.24) is 9.80 Å². The number of benzene rings is 1. The molecule has 2 aliphatic heterocycles. The van der Waals surface area contributed by atoms with Crippen LogP contribution < -0.4 is 5.32 Å². The van der Waals surface area contributed by atoms with Crippen LogP contribution in [0.5, 0.6) is 0 Å². The molecule has 2 saturated heterocycles. The highest BCUT2D eigenvalue weighted by Crippen LogP contribution is 2.44. The van der Waals surface area contributed by atoms with Crippen molar-refractivity contribution in [2.24, 2.45) is 5.92 Å². The van der Waals surface area contributed by atoms with Crippen LogP contribution in [0.3, 0.4) is 0 Å². The van der Waals surface area contributed by atoms with Crippen molar-refractivity contribution in [3.05, 3.63) is 29.8 Å². The van der Waals surface area contributed by atoms with E-state index in [0.29, 0.717) is 31.3 Å². The molecular formula is C22H33N3O2S. The number of hydrogen-bond donors (Lipinski definition) is 1. The van der Waals surface area contributed by atoms with E-state index in [1.165, 1.54) is 5.56 Å². The van der Waals surface area contributed by atoms with Gasteiger partial charge < -0.3 is 15.1 Å². The van der Waals surface area contributed by atoms with Gasteiger partial charge in [-0.05, 0) is 42.4 Å². The predicted molar refractivity (Wildman–Crippen MR) is 117 cm³/mol. The Bertz CT molecular complexity index is 694. The van der Waals surface area contributed by atoms with Crippen LogP contribution in [0.15, 0.2) is 24.3 Å². The lowest BCUT2D eigenvalue weighted by molar-refractivity contribution is -0.135. The van der Waals surface area contributed by atoms with E-state index in [1.54, 1.807) is 0 Å². The van der Waals surface area contributed by atoms with E-state index >= 15 is 0 Å². The Morgan fingerprint density at radius 1 is 1.07 bits per heavy atom. The van der Waals surface area contributed by atoms with Gasteiger partial charge in [0.05, 0.1) is 4.87 Å². The molecule has 2 heterocycles. The average molecular weight is 404 g/mol. The number of piperidine rings is 1. The number of carbonyl (C=O) groups is 2. The van der Waals surface area contributed by atoms with Crippen LogP contribution in [0.1, 0.15) is 58.4 Å². The van der Waals surface area contributed by atoms with Gasteiger partial charge in [0.2, 0.25) is 5.91 Å². The van der Waals surface area contributed by atoms with Gasteiger partial charge in [0.1, 0.15) is 0 Å². The number of nitrogens with one attached hydrogen (secondary N) is 1. The second-order valence-corrected chi connectivity index (χ2v) is 10.1. The number of hydrogen-bond acceptors (Lipinski definition) is 3. The van der Waals surface area contributed by atoms with Crippen LogP contribution in [-0.4, -0.2) is 52.0 Å². The minimum Gasteiger partial charge on any atom is -0.327 e. The van der Waals surface area contributed by atoms with Gasteiger partial charge in [-0.1, -0.05) is 39.8 Å². The number of urea groups is 1. The smallest absolute Gasteiger partial charge is 0.321 e. The standard InChI is InChI=1S/C22H33N3O2S/c1-16(2)15-20(26)25-13-14-28-22(25)9-11-24(12-10-22)21(27)23-19-7-5-18(6-8-19)17(3)4/h5-8,16-17H,9-15H2,1-4H3,(H,23,27). The molecule has 1 aromatic rings. The molecule has 1 spiro atoms. The van der Waals surface area contributed by atoms with E-state index in [1.807, 2.05) is 28.8 Å². The Balaban J connectivity index is 1.57. The summed E-state index contributed by atoms with van der Waals surface area (Å²) in [5.74, 6) is 2.12. The number of likely N-dealkylation sites (tertiary alicyclic amines) is 1. The van der Waals surface area contributed by atoms with Gasteiger partial charge in [-0.15, -0.1) is 11.8 Å². The zero-order valence-corrected chi connectivity index (χ0v) is 18.3. The molecule has 6 heteroatoms. The molecule has 0 aromatic heterocycles. The van der Waals surface area contributed by atoms with Gasteiger partial charge >= 0.3 is 6.03 Å². The second kappa shape index (κ2) is 8.76. The molecule has 3 rings (SSSR count). The summed E-state index contributed by atoms with van der Waals surface area (Å²) in [5, 5.41) is 3.02. The molecule has 154 valence electrons. The summed E-state index contributed by atoms with van der Waals surface area (Å²) in [5.41, 5.74) is 2.10. The summed E-state index contributed by atoms with van der Waals surface area (Å²) in [6.07, 6.45) is 2.31. The van der Waals surface area contributed by atoms with Gasteiger partial charge in [-0.2, -0.15) is 0 Å². The summed E-state index contributed by atoms with van der Waals surface area (Å²) in [6, 6.07) is 8.03. The van der Waals surface area contributed by atoms with Gasteiger partial charge in [-0.25, -0.2) is 4.79 Å². The number of rotatable bonds is 4.